The Morgan fingerprint density at radius 3 is 2.80 bits per heavy atom. The van der Waals surface area contributed by atoms with Gasteiger partial charge in [0.2, 0.25) is 5.91 Å². The third kappa shape index (κ3) is 3.82. The zero-order chi connectivity index (χ0) is 14.2. The number of carbonyl (C=O) groups excluding carboxylic acids is 1. The molecule has 100 valence electrons. The molecule has 1 aromatic carbocycles. The number of benzene rings is 1. The molecular weight excluding hydrogens is 254 g/mol. The fraction of sp³-hybridized carbons (Fsp3) is 0.133. The van der Waals surface area contributed by atoms with E-state index in [0.29, 0.717) is 18.0 Å². The van der Waals surface area contributed by atoms with Gasteiger partial charge in [-0.3, -0.25) is 9.78 Å². The van der Waals surface area contributed by atoms with E-state index in [9.17, 15) is 4.79 Å². The number of rotatable bonds is 5. The minimum absolute atomic E-state index is 0.186. The number of para-hydroxylation sites is 2. The van der Waals surface area contributed by atoms with Crippen LogP contribution in [0.5, 0.6) is 5.75 Å². The standard InChI is InChI=1S/C15H13N3O2/c16-9-8-15(19)18-13-6-1-2-7-14(13)20-11-12-5-3-4-10-17-12/h1-7,10H,8,11H2,(H,18,19). The van der Waals surface area contributed by atoms with E-state index in [1.165, 1.54) is 0 Å². The summed E-state index contributed by atoms with van der Waals surface area (Å²) in [6.07, 6.45) is 1.51. The number of carbonyl (C=O) groups is 1. The summed E-state index contributed by atoms with van der Waals surface area (Å²) in [7, 11) is 0. The number of hydrogen-bond acceptors (Lipinski definition) is 4. The topological polar surface area (TPSA) is 75.0 Å². The van der Waals surface area contributed by atoms with Crippen LogP contribution >= 0.6 is 0 Å². The lowest BCUT2D eigenvalue weighted by atomic mass is 10.2. The number of aromatic nitrogens is 1. The highest BCUT2D eigenvalue weighted by Gasteiger charge is 2.07. The number of ether oxygens (including phenoxy) is 1. The second kappa shape index (κ2) is 6.90. The molecule has 5 heteroatoms. The van der Waals surface area contributed by atoms with Crippen molar-refractivity contribution >= 4 is 11.6 Å². The molecule has 0 radical (unpaired) electrons. The van der Waals surface area contributed by atoms with Crippen molar-refractivity contribution in [3.8, 4) is 11.8 Å². The Morgan fingerprint density at radius 2 is 2.05 bits per heavy atom. The predicted octanol–water partition coefficient (Wildman–Crippen LogP) is 2.51. The van der Waals surface area contributed by atoms with Crippen LogP contribution in [-0.4, -0.2) is 10.9 Å². The number of hydrogen-bond donors (Lipinski definition) is 1. The summed E-state index contributed by atoms with van der Waals surface area (Å²) in [6, 6.07) is 14.5. The van der Waals surface area contributed by atoms with E-state index >= 15 is 0 Å². The van der Waals surface area contributed by atoms with E-state index in [-0.39, 0.29) is 12.3 Å². The van der Waals surface area contributed by atoms with Gasteiger partial charge in [-0.2, -0.15) is 5.26 Å². The molecule has 0 fully saturated rings. The Bertz CT molecular complexity index is 621. The van der Waals surface area contributed by atoms with Crippen LogP contribution in [0.3, 0.4) is 0 Å². The van der Waals surface area contributed by atoms with E-state index in [0.717, 1.165) is 5.69 Å². The van der Waals surface area contributed by atoms with Crippen molar-refractivity contribution in [2.24, 2.45) is 0 Å². The molecule has 1 N–H and O–H groups in total. The van der Waals surface area contributed by atoms with Gasteiger partial charge in [0.25, 0.3) is 0 Å². The monoisotopic (exact) mass is 267 g/mol. The maximum Gasteiger partial charge on any atom is 0.238 e. The normalized spacial score (nSPS) is 9.55. The molecule has 2 aromatic rings. The molecule has 20 heavy (non-hydrogen) atoms. The van der Waals surface area contributed by atoms with Crippen LogP contribution in [0.4, 0.5) is 5.69 Å². The van der Waals surface area contributed by atoms with Gasteiger partial charge >= 0.3 is 0 Å². The number of nitrogens with zero attached hydrogens (tertiary/aromatic N) is 2. The highest BCUT2D eigenvalue weighted by Crippen LogP contribution is 2.24. The molecule has 0 unspecified atom stereocenters. The number of anilines is 1. The molecule has 0 saturated carbocycles. The Morgan fingerprint density at radius 1 is 1.25 bits per heavy atom. The first kappa shape index (κ1) is 13.6. The van der Waals surface area contributed by atoms with Crippen molar-refractivity contribution < 1.29 is 9.53 Å². The smallest absolute Gasteiger partial charge is 0.238 e. The van der Waals surface area contributed by atoms with Crippen LogP contribution in [0, 0.1) is 11.3 Å². The number of nitriles is 1. The average molecular weight is 267 g/mol. The molecular formula is C15H13N3O2. The zero-order valence-corrected chi connectivity index (χ0v) is 10.7. The fourth-order valence-electron chi connectivity index (χ4n) is 1.60. The van der Waals surface area contributed by atoms with Gasteiger partial charge in [0.1, 0.15) is 18.8 Å². The van der Waals surface area contributed by atoms with E-state index in [1.54, 1.807) is 30.5 Å². The molecule has 0 aliphatic carbocycles. The summed E-state index contributed by atoms with van der Waals surface area (Å²) < 4.78 is 5.64. The van der Waals surface area contributed by atoms with Gasteiger partial charge in [-0.05, 0) is 24.3 Å². The van der Waals surface area contributed by atoms with Gasteiger partial charge in [-0.15, -0.1) is 0 Å². The Kier molecular flexibility index (Phi) is 4.68. The second-order valence-corrected chi connectivity index (χ2v) is 3.99. The van der Waals surface area contributed by atoms with E-state index in [2.05, 4.69) is 10.3 Å². The van der Waals surface area contributed by atoms with Crippen molar-refractivity contribution in [1.29, 1.82) is 5.26 Å². The van der Waals surface area contributed by atoms with Crippen LogP contribution in [-0.2, 0) is 11.4 Å². The first-order valence-electron chi connectivity index (χ1n) is 6.08. The minimum atomic E-state index is -0.360. The van der Waals surface area contributed by atoms with E-state index < -0.39 is 0 Å². The van der Waals surface area contributed by atoms with Crippen molar-refractivity contribution in [3.05, 3.63) is 54.4 Å². The quantitative estimate of drug-likeness (QED) is 0.903. The van der Waals surface area contributed by atoms with Gasteiger partial charge in [0.15, 0.2) is 0 Å². The molecule has 1 heterocycles. The van der Waals surface area contributed by atoms with Gasteiger partial charge < -0.3 is 10.1 Å². The molecule has 0 aliphatic rings. The molecule has 1 aromatic heterocycles. The number of pyridine rings is 1. The van der Waals surface area contributed by atoms with Crippen molar-refractivity contribution in [1.82, 2.24) is 4.98 Å². The number of nitrogens with one attached hydrogen (secondary N) is 1. The van der Waals surface area contributed by atoms with Crippen molar-refractivity contribution in [2.75, 3.05) is 5.32 Å². The lowest BCUT2D eigenvalue weighted by molar-refractivity contribution is -0.115. The minimum Gasteiger partial charge on any atom is -0.485 e. The lowest BCUT2D eigenvalue weighted by Gasteiger charge is -2.11. The lowest BCUT2D eigenvalue weighted by Crippen LogP contribution is -2.11. The van der Waals surface area contributed by atoms with Gasteiger partial charge in [0.05, 0.1) is 17.5 Å². The highest BCUT2D eigenvalue weighted by atomic mass is 16.5. The molecule has 2 rings (SSSR count). The zero-order valence-electron chi connectivity index (χ0n) is 10.7. The van der Waals surface area contributed by atoms with Crippen LogP contribution in [0.15, 0.2) is 48.7 Å². The van der Waals surface area contributed by atoms with Crippen LogP contribution < -0.4 is 10.1 Å². The summed E-state index contributed by atoms with van der Waals surface area (Å²) in [5, 5.41) is 11.1. The first-order valence-corrected chi connectivity index (χ1v) is 6.08. The van der Waals surface area contributed by atoms with E-state index in [4.69, 9.17) is 10.00 Å². The second-order valence-electron chi connectivity index (χ2n) is 3.99. The molecule has 0 aliphatic heterocycles. The largest absolute Gasteiger partial charge is 0.485 e. The average Bonchev–Trinajstić information content (AvgIpc) is 2.48. The summed E-state index contributed by atoms with van der Waals surface area (Å²) in [6.45, 7) is 0.311. The van der Waals surface area contributed by atoms with Gasteiger partial charge in [0, 0.05) is 6.20 Å². The maximum atomic E-state index is 11.4. The molecule has 1 amide bonds. The van der Waals surface area contributed by atoms with Crippen LogP contribution in [0.25, 0.3) is 0 Å². The van der Waals surface area contributed by atoms with Gasteiger partial charge in [-0.1, -0.05) is 18.2 Å². The van der Waals surface area contributed by atoms with Crippen molar-refractivity contribution in [2.45, 2.75) is 13.0 Å². The first-order chi connectivity index (χ1) is 9.79. The summed E-state index contributed by atoms with van der Waals surface area (Å²) in [5.74, 6) is 0.186. The SMILES string of the molecule is N#CCC(=O)Nc1ccccc1OCc1ccccn1. The third-order valence-corrected chi connectivity index (χ3v) is 2.50. The maximum absolute atomic E-state index is 11.4. The summed E-state index contributed by atoms with van der Waals surface area (Å²) in [4.78, 5) is 15.6. The Labute approximate surface area is 116 Å². The molecule has 0 spiro atoms. The van der Waals surface area contributed by atoms with Gasteiger partial charge in [-0.25, -0.2) is 0 Å². The van der Waals surface area contributed by atoms with E-state index in [1.807, 2.05) is 24.3 Å². The van der Waals surface area contributed by atoms with Crippen molar-refractivity contribution in [3.63, 3.8) is 0 Å². The predicted molar refractivity (Wildman–Crippen MR) is 73.9 cm³/mol. The fourth-order valence-corrected chi connectivity index (χ4v) is 1.60. The Balaban J connectivity index is 2.04. The van der Waals surface area contributed by atoms with Crippen LogP contribution in [0.1, 0.15) is 12.1 Å². The molecule has 5 nitrogen and oxygen atoms in total. The third-order valence-electron chi connectivity index (χ3n) is 2.50. The number of amides is 1. The van der Waals surface area contributed by atoms with Crippen LogP contribution in [0.2, 0.25) is 0 Å². The summed E-state index contributed by atoms with van der Waals surface area (Å²) >= 11 is 0. The molecule has 0 saturated heterocycles. The Hall–Kier alpha value is -2.87. The molecule has 0 bridgehead atoms. The summed E-state index contributed by atoms with van der Waals surface area (Å²) in [5.41, 5.74) is 1.34. The molecule has 0 atom stereocenters. The highest BCUT2D eigenvalue weighted by molar-refractivity contribution is 5.93.